The van der Waals surface area contributed by atoms with Crippen molar-refractivity contribution >= 4 is 23.9 Å². The topological polar surface area (TPSA) is 72.8 Å². The molecule has 1 aromatic rings. The normalized spacial score (nSPS) is 16.5. The molecule has 1 aliphatic carbocycles. The van der Waals surface area contributed by atoms with E-state index in [1.165, 1.54) is 20.3 Å². The number of aldehydes is 1. The molecule has 0 aromatic heterocycles. The highest BCUT2D eigenvalue weighted by molar-refractivity contribution is 6.33. The minimum Gasteiger partial charge on any atom is -0.493 e. The molecule has 1 fully saturated rings. The van der Waals surface area contributed by atoms with E-state index in [1.807, 2.05) is 0 Å². The third kappa shape index (κ3) is 2.35. The fourth-order valence-corrected chi connectivity index (χ4v) is 3.31. The Bertz CT molecular complexity index is 576. The van der Waals surface area contributed by atoms with Crippen molar-refractivity contribution in [2.45, 2.75) is 31.1 Å². The molecule has 2 rings (SSSR count). The van der Waals surface area contributed by atoms with Crippen LogP contribution in [0.3, 0.4) is 0 Å². The Kier molecular flexibility index (Phi) is 4.42. The van der Waals surface area contributed by atoms with Crippen LogP contribution in [0.15, 0.2) is 6.07 Å². The van der Waals surface area contributed by atoms with E-state index in [0.29, 0.717) is 24.7 Å². The number of carboxylic acids is 1. The summed E-state index contributed by atoms with van der Waals surface area (Å²) in [6.45, 7) is 0. The van der Waals surface area contributed by atoms with Gasteiger partial charge in [0.2, 0.25) is 0 Å². The van der Waals surface area contributed by atoms with Gasteiger partial charge in [0.1, 0.15) is 0 Å². The number of carboxylic acid groups (broad SMARTS) is 1. The van der Waals surface area contributed by atoms with Gasteiger partial charge in [-0.3, -0.25) is 9.59 Å². The maximum absolute atomic E-state index is 11.8. The van der Waals surface area contributed by atoms with E-state index < -0.39 is 11.4 Å². The lowest BCUT2D eigenvalue weighted by molar-refractivity contribution is -0.143. The van der Waals surface area contributed by atoms with Gasteiger partial charge in [-0.2, -0.15) is 0 Å². The number of carbonyl (C=O) groups excluding carboxylic acids is 1. The van der Waals surface area contributed by atoms with Gasteiger partial charge in [-0.1, -0.05) is 24.4 Å². The zero-order valence-electron chi connectivity index (χ0n) is 11.9. The van der Waals surface area contributed by atoms with E-state index in [-0.39, 0.29) is 22.1 Å². The van der Waals surface area contributed by atoms with Crippen molar-refractivity contribution < 1.29 is 24.2 Å². The Labute approximate surface area is 127 Å². The van der Waals surface area contributed by atoms with Crippen molar-refractivity contribution in [2.75, 3.05) is 14.2 Å². The highest BCUT2D eigenvalue weighted by Gasteiger charge is 2.46. The van der Waals surface area contributed by atoms with Crippen molar-refractivity contribution in [1.82, 2.24) is 0 Å². The molecule has 0 aliphatic heterocycles. The van der Waals surface area contributed by atoms with Crippen molar-refractivity contribution in [3.05, 3.63) is 22.2 Å². The predicted octanol–water partition coefficient (Wildman–Crippen LogP) is 3.07. The number of hydrogen-bond donors (Lipinski definition) is 1. The number of ether oxygens (including phenoxy) is 2. The molecule has 0 bridgehead atoms. The van der Waals surface area contributed by atoms with E-state index in [2.05, 4.69) is 0 Å². The predicted molar refractivity (Wildman–Crippen MR) is 77.7 cm³/mol. The maximum atomic E-state index is 11.8. The largest absolute Gasteiger partial charge is 0.493 e. The Morgan fingerprint density at radius 2 is 1.86 bits per heavy atom. The molecule has 1 aromatic carbocycles. The Morgan fingerprint density at radius 3 is 2.29 bits per heavy atom. The molecule has 0 atom stereocenters. The summed E-state index contributed by atoms with van der Waals surface area (Å²) < 4.78 is 10.6. The summed E-state index contributed by atoms with van der Waals surface area (Å²) in [5.41, 5.74) is -0.398. The van der Waals surface area contributed by atoms with Crippen LogP contribution < -0.4 is 9.47 Å². The molecule has 0 unspecified atom stereocenters. The first kappa shape index (κ1) is 15.6. The summed E-state index contributed by atoms with van der Waals surface area (Å²) in [5, 5.41) is 9.88. The van der Waals surface area contributed by atoms with Crippen LogP contribution >= 0.6 is 11.6 Å². The van der Waals surface area contributed by atoms with Crippen LogP contribution in [-0.4, -0.2) is 31.6 Å². The summed E-state index contributed by atoms with van der Waals surface area (Å²) in [6, 6.07) is 1.52. The molecule has 0 amide bonds. The molecule has 1 N–H and O–H groups in total. The SMILES string of the molecule is COc1c(C2(C(=O)O)CCCC2)cc(Cl)c(C=O)c1OC. The van der Waals surface area contributed by atoms with Crippen LogP contribution in [0.1, 0.15) is 41.6 Å². The molecule has 6 heteroatoms. The lowest BCUT2D eigenvalue weighted by Gasteiger charge is -2.28. The minimum atomic E-state index is -1.04. The van der Waals surface area contributed by atoms with Gasteiger partial charge < -0.3 is 14.6 Å². The van der Waals surface area contributed by atoms with Crippen molar-refractivity contribution in [1.29, 1.82) is 0 Å². The van der Waals surface area contributed by atoms with Crippen molar-refractivity contribution in [3.8, 4) is 11.5 Å². The molecule has 0 radical (unpaired) electrons. The highest BCUT2D eigenvalue weighted by Crippen LogP contribution is 2.50. The molecule has 1 saturated carbocycles. The smallest absolute Gasteiger partial charge is 0.314 e. The lowest BCUT2D eigenvalue weighted by atomic mass is 9.78. The fourth-order valence-electron chi connectivity index (χ4n) is 3.07. The quantitative estimate of drug-likeness (QED) is 0.846. The number of methoxy groups -OCH3 is 2. The number of halogens is 1. The summed E-state index contributed by atoms with van der Waals surface area (Å²) in [7, 11) is 2.82. The molecule has 114 valence electrons. The average molecular weight is 313 g/mol. The number of hydrogen-bond acceptors (Lipinski definition) is 4. The molecule has 0 heterocycles. The molecular weight excluding hydrogens is 296 g/mol. The minimum absolute atomic E-state index is 0.165. The molecular formula is C15H17ClO5. The maximum Gasteiger partial charge on any atom is 0.314 e. The zero-order valence-corrected chi connectivity index (χ0v) is 12.7. The van der Waals surface area contributed by atoms with Gasteiger partial charge in [-0.05, 0) is 18.9 Å². The third-order valence-electron chi connectivity index (χ3n) is 4.13. The van der Waals surface area contributed by atoms with Gasteiger partial charge in [0, 0.05) is 5.56 Å². The van der Waals surface area contributed by atoms with Crippen molar-refractivity contribution in [3.63, 3.8) is 0 Å². The summed E-state index contributed by atoms with van der Waals surface area (Å²) in [4.78, 5) is 23.0. The summed E-state index contributed by atoms with van der Waals surface area (Å²) in [6.07, 6.45) is 3.25. The first-order valence-corrected chi connectivity index (χ1v) is 7.03. The van der Waals surface area contributed by atoms with Crippen LogP contribution in [0.2, 0.25) is 5.02 Å². The van der Waals surface area contributed by atoms with E-state index in [0.717, 1.165) is 12.8 Å². The van der Waals surface area contributed by atoms with Crippen LogP contribution in [0.4, 0.5) is 0 Å². The molecule has 1 aliphatic rings. The highest BCUT2D eigenvalue weighted by atomic mass is 35.5. The van der Waals surface area contributed by atoms with Gasteiger partial charge in [0.25, 0.3) is 0 Å². The fraction of sp³-hybridized carbons (Fsp3) is 0.467. The first-order chi connectivity index (χ1) is 10.0. The second-order valence-electron chi connectivity index (χ2n) is 5.10. The molecule has 0 saturated heterocycles. The van der Waals surface area contributed by atoms with Crippen LogP contribution in [0.25, 0.3) is 0 Å². The van der Waals surface area contributed by atoms with E-state index >= 15 is 0 Å². The van der Waals surface area contributed by atoms with Gasteiger partial charge in [-0.25, -0.2) is 0 Å². The molecule has 21 heavy (non-hydrogen) atoms. The number of benzene rings is 1. The Morgan fingerprint density at radius 1 is 1.29 bits per heavy atom. The van der Waals surface area contributed by atoms with E-state index in [9.17, 15) is 14.7 Å². The summed E-state index contributed by atoms with van der Waals surface area (Å²) >= 11 is 6.13. The monoisotopic (exact) mass is 312 g/mol. The second-order valence-corrected chi connectivity index (χ2v) is 5.51. The van der Waals surface area contributed by atoms with E-state index in [1.54, 1.807) is 0 Å². The number of aliphatic carboxylic acids is 1. The van der Waals surface area contributed by atoms with Gasteiger partial charge in [-0.15, -0.1) is 0 Å². The molecule has 0 spiro atoms. The summed E-state index contributed by atoms with van der Waals surface area (Å²) in [5.74, 6) is -0.453. The second kappa shape index (κ2) is 5.93. The zero-order chi connectivity index (χ0) is 15.6. The first-order valence-electron chi connectivity index (χ1n) is 6.65. The molecule has 5 nitrogen and oxygen atoms in total. The van der Waals surface area contributed by atoms with Crippen LogP contribution in [-0.2, 0) is 10.2 Å². The Balaban J connectivity index is 2.77. The van der Waals surface area contributed by atoms with Crippen LogP contribution in [0, 0.1) is 0 Å². The standard InChI is InChI=1S/C15H17ClO5/c1-20-12-9(8-17)11(16)7-10(13(12)21-2)15(14(18)19)5-3-4-6-15/h7-8H,3-6H2,1-2H3,(H,18,19). The van der Waals surface area contributed by atoms with Gasteiger partial charge in [0.15, 0.2) is 17.8 Å². The lowest BCUT2D eigenvalue weighted by Crippen LogP contribution is -2.33. The Hall–Kier alpha value is -1.75. The number of rotatable bonds is 5. The average Bonchev–Trinajstić information content (AvgIpc) is 2.96. The third-order valence-corrected chi connectivity index (χ3v) is 4.44. The van der Waals surface area contributed by atoms with Crippen LogP contribution in [0.5, 0.6) is 11.5 Å². The number of carbonyl (C=O) groups is 2. The van der Waals surface area contributed by atoms with E-state index in [4.69, 9.17) is 21.1 Å². The van der Waals surface area contributed by atoms with Gasteiger partial charge in [0.05, 0.1) is 30.2 Å². The van der Waals surface area contributed by atoms with Crippen molar-refractivity contribution in [2.24, 2.45) is 0 Å². The van der Waals surface area contributed by atoms with Gasteiger partial charge >= 0.3 is 5.97 Å².